The number of hydrogen-bond acceptors (Lipinski definition) is 6. The molecule has 156 valence electrons. The summed E-state index contributed by atoms with van der Waals surface area (Å²) in [5.41, 5.74) is 0. The Morgan fingerprint density at radius 2 is 1.64 bits per heavy atom. The zero-order valence-corrected chi connectivity index (χ0v) is 17.8. The number of sulfonamides is 1. The fraction of sp³-hybridized carbons (Fsp3) is 0.750. The number of likely N-dealkylation sites (N-methyl/N-ethyl adjacent to an activating group) is 1. The summed E-state index contributed by atoms with van der Waals surface area (Å²) >= 11 is 0. The first-order chi connectivity index (χ1) is 13.5. The van der Waals surface area contributed by atoms with Crippen molar-refractivity contribution in [2.75, 3.05) is 70.9 Å². The molecule has 0 saturated carbocycles. The van der Waals surface area contributed by atoms with Crippen molar-refractivity contribution >= 4 is 15.8 Å². The molecule has 0 aliphatic carbocycles. The van der Waals surface area contributed by atoms with Crippen LogP contribution >= 0.6 is 0 Å². The Bertz CT molecular complexity index is 732. The molecule has 0 bridgehead atoms. The second-order valence-electron chi connectivity index (χ2n) is 8.50. The Labute approximate surface area is 169 Å². The fourth-order valence-corrected chi connectivity index (χ4v) is 5.93. The smallest absolute Gasteiger partial charge is 0.244 e. The molecule has 3 aliphatic rings. The van der Waals surface area contributed by atoms with Gasteiger partial charge in [-0.25, -0.2) is 13.4 Å². The highest BCUT2D eigenvalue weighted by Crippen LogP contribution is 2.25. The molecule has 0 spiro atoms. The van der Waals surface area contributed by atoms with Crippen LogP contribution in [0.2, 0.25) is 0 Å². The predicted octanol–water partition coefficient (Wildman–Crippen LogP) is 1.33. The molecule has 1 aromatic heterocycles. The lowest BCUT2D eigenvalue weighted by atomic mass is 9.96. The molecule has 3 fully saturated rings. The Kier molecular flexibility index (Phi) is 6.20. The number of likely N-dealkylation sites (tertiary alicyclic amines) is 1. The third-order valence-electron chi connectivity index (χ3n) is 6.47. The first-order valence-electron chi connectivity index (χ1n) is 10.6. The minimum atomic E-state index is -3.44. The summed E-state index contributed by atoms with van der Waals surface area (Å²) in [4.78, 5) is 11.9. The van der Waals surface area contributed by atoms with Gasteiger partial charge in [0.25, 0.3) is 0 Å². The molecule has 8 heteroatoms. The molecule has 4 rings (SSSR count). The van der Waals surface area contributed by atoms with Crippen LogP contribution in [0.15, 0.2) is 23.2 Å². The molecule has 0 amide bonds. The standard InChI is InChI=1S/C20H33N5O2S/c1-22-12-14-25(15-13-22)28(26,27)19-4-5-20(21-16-19)24-10-6-18(7-11-24)17-23-8-2-3-9-23/h4-5,16,18H,2-3,6-15,17H2,1H3. The highest BCUT2D eigenvalue weighted by molar-refractivity contribution is 7.89. The van der Waals surface area contributed by atoms with Crippen LogP contribution in [0.5, 0.6) is 0 Å². The fourth-order valence-electron chi connectivity index (χ4n) is 4.56. The van der Waals surface area contributed by atoms with E-state index in [9.17, 15) is 8.42 Å². The van der Waals surface area contributed by atoms with Gasteiger partial charge in [-0.2, -0.15) is 4.31 Å². The maximum Gasteiger partial charge on any atom is 0.244 e. The maximum atomic E-state index is 12.8. The van der Waals surface area contributed by atoms with Crippen LogP contribution in [0.4, 0.5) is 5.82 Å². The Morgan fingerprint density at radius 1 is 0.964 bits per heavy atom. The first kappa shape index (κ1) is 20.1. The van der Waals surface area contributed by atoms with Crippen molar-refractivity contribution in [2.45, 2.75) is 30.6 Å². The van der Waals surface area contributed by atoms with Crippen LogP contribution in [0.1, 0.15) is 25.7 Å². The summed E-state index contributed by atoms with van der Waals surface area (Å²) in [6.07, 6.45) is 6.64. The molecule has 0 aromatic carbocycles. The lowest BCUT2D eigenvalue weighted by Gasteiger charge is -2.34. The zero-order valence-electron chi connectivity index (χ0n) is 17.0. The van der Waals surface area contributed by atoms with Gasteiger partial charge in [0.2, 0.25) is 10.0 Å². The summed E-state index contributed by atoms with van der Waals surface area (Å²) in [6, 6.07) is 3.61. The third-order valence-corrected chi connectivity index (χ3v) is 8.36. The van der Waals surface area contributed by atoms with Gasteiger partial charge >= 0.3 is 0 Å². The van der Waals surface area contributed by atoms with Crippen LogP contribution in [-0.4, -0.2) is 93.5 Å². The van der Waals surface area contributed by atoms with Crippen molar-refractivity contribution in [1.29, 1.82) is 0 Å². The number of pyridine rings is 1. The molecular formula is C20H33N5O2S. The molecule has 4 heterocycles. The molecule has 0 atom stereocenters. The average Bonchev–Trinajstić information content (AvgIpc) is 3.22. The summed E-state index contributed by atoms with van der Waals surface area (Å²) in [7, 11) is -1.41. The SMILES string of the molecule is CN1CCN(S(=O)(=O)c2ccc(N3CCC(CN4CCCC4)CC3)nc2)CC1. The maximum absolute atomic E-state index is 12.8. The van der Waals surface area contributed by atoms with Gasteiger partial charge in [-0.05, 0) is 63.9 Å². The van der Waals surface area contributed by atoms with Crippen molar-refractivity contribution in [3.05, 3.63) is 18.3 Å². The Balaban J connectivity index is 1.33. The highest BCUT2D eigenvalue weighted by Gasteiger charge is 2.28. The molecule has 3 aliphatic heterocycles. The minimum Gasteiger partial charge on any atom is -0.357 e. The molecule has 1 aromatic rings. The van der Waals surface area contributed by atoms with E-state index in [4.69, 9.17) is 0 Å². The first-order valence-corrected chi connectivity index (χ1v) is 12.1. The van der Waals surface area contributed by atoms with Gasteiger partial charge in [-0.1, -0.05) is 0 Å². The normalized spacial score (nSPS) is 24.1. The van der Waals surface area contributed by atoms with E-state index in [-0.39, 0.29) is 0 Å². The van der Waals surface area contributed by atoms with E-state index < -0.39 is 10.0 Å². The number of nitrogens with zero attached hydrogens (tertiary/aromatic N) is 5. The van der Waals surface area contributed by atoms with E-state index >= 15 is 0 Å². The number of aromatic nitrogens is 1. The lowest BCUT2D eigenvalue weighted by molar-refractivity contribution is 0.222. The summed E-state index contributed by atoms with van der Waals surface area (Å²) in [5, 5.41) is 0. The quantitative estimate of drug-likeness (QED) is 0.734. The third kappa shape index (κ3) is 4.50. The molecule has 0 radical (unpaired) electrons. The van der Waals surface area contributed by atoms with Gasteiger partial charge in [-0.3, -0.25) is 0 Å². The molecule has 3 saturated heterocycles. The molecule has 0 N–H and O–H groups in total. The van der Waals surface area contributed by atoms with Crippen molar-refractivity contribution in [3.8, 4) is 0 Å². The van der Waals surface area contributed by atoms with Crippen LogP contribution in [-0.2, 0) is 10.0 Å². The zero-order chi connectivity index (χ0) is 19.6. The number of anilines is 1. The monoisotopic (exact) mass is 407 g/mol. The van der Waals surface area contributed by atoms with Crippen molar-refractivity contribution in [2.24, 2.45) is 5.92 Å². The van der Waals surface area contributed by atoms with E-state index in [0.29, 0.717) is 18.0 Å². The van der Waals surface area contributed by atoms with Crippen LogP contribution in [0, 0.1) is 5.92 Å². The topological polar surface area (TPSA) is 60.0 Å². The second-order valence-corrected chi connectivity index (χ2v) is 10.4. The van der Waals surface area contributed by atoms with E-state index in [0.717, 1.165) is 37.9 Å². The summed E-state index contributed by atoms with van der Waals surface area (Å²) in [6.45, 7) is 8.44. The van der Waals surface area contributed by atoms with Crippen molar-refractivity contribution in [1.82, 2.24) is 19.1 Å². The second kappa shape index (κ2) is 8.65. The Hall–Kier alpha value is -1.22. The summed E-state index contributed by atoms with van der Waals surface area (Å²) < 4.78 is 27.3. The average molecular weight is 408 g/mol. The van der Waals surface area contributed by atoms with Crippen molar-refractivity contribution in [3.63, 3.8) is 0 Å². The lowest BCUT2D eigenvalue weighted by Crippen LogP contribution is -2.47. The van der Waals surface area contributed by atoms with E-state index in [2.05, 4.69) is 19.7 Å². The van der Waals surface area contributed by atoms with Gasteiger partial charge < -0.3 is 14.7 Å². The van der Waals surface area contributed by atoms with Gasteiger partial charge in [-0.15, -0.1) is 0 Å². The predicted molar refractivity (Wildman–Crippen MR) is 111 cm³/mol. The van der Waals surface area contributed by atoms with E-state index in [1.54, 1.807) is 16.6 Å². The van der Waals surface area contributed by atoms with Gasteiger partial charge in [0.15, 0.2) is 0 Å². The van der Waals surface area contributed by atoms with Gasteiger partial charge in [0.1, 0.15) is 10.7 Å². The van der Waals surface area contributed by atoms with E-state index in [1.165, 1.54) is 45.3 Å². The number of rotatable bonds is 5. The van der Waals surface area contributed by atoms with Gasteiger partial charge in [0.05, 0.1) is 0 Å². The van der Waals surface area contributed by atoms with Gasteiger partial charge in [0, 0.05) is 52.0 Å². The highest BCUT2D eigenvalue weighted by atomic mass is 32.2. The van der Waals surface area contributed by atoms with Crippen molar-refractivity contribution < 1.29 is 8.42 Å². The molecule has 28 heavy (non-hydrogen) atoms. The number of piperidine rings is 1. The number of hydrogen-bond donors (Lipinski definition) is 0. The summed E-state index contributed by atoms with van der Waals surface area (Å²) in [5.74, 6) is 1.68. The molecular weight excluding hydrogens is 374 g/mol. The van der Waals surface area contributed by atoms with Crippen LogP contribution in [0.3, 0.4) is 0 Å². The molecule has 0 unspecified atom stereocenters. The van der Waals surface area contributed by atoms with Crippen LogP contribution < -0.4 is 4.90 Å². The molecule has 7 nitrogen and oxygen atoms in total. The minimum absolute atomic E-state index is 0.310. The van der Waals surface area contributed by atoms with E-state index in [1.807, 2.05) is 13.1 Å². The Morgan fingerprint density at radius 3 is 2.25 bits per heavy atom. The number of piperazine rings is 1. The van der Waals surface area contributed by atoms with Crippen LogP contribution in [0.25, 0.3) is 0 Å². The largest absolute Gasteiger partial charge is 0.357 e.